The van der Waals surface area contributed by atoms with E-state index in [4.69, 9.17) is 4.74 Å². The van der Waals surface area contributed by atoms with Gasteiger partial charge in [0.2, 0.25) is 0 Å². The summed E-state index contributed by atoms with van der Waals surface area (Å²) in [6, 6.07) is 0. The van der Waals surface area contributed by atoms with Crippen LogP contribution >= 0.6 is 0 Å². The molecule has 3 nitrogen and oxygen atoms in total. The summed E-state index contributed by atoms with van der Waals surface area (Å²) in [6.45, 7) is 23.2. The number of rotatable bonds is 4. The molecular weight excluding hydrogens is 346 g/mol. The molecule has 0 spiro atoms. The van der Waals surface area contributed by atoms with Crippen molar-refractivity contribution in [2.75, 3.05) is 39.5 Å². The first-order valence-corrected chi connectivity index (χ1v) is 10.6. The average Bonchev–Trinajstić information content (AvgIpc) is 3.31. The standard InChI is InChI=1S/C10H17N.C8H17NO.2C2H6.2FH/c1-10(2)6-5-9-11-7-3-4-8-11;1-8(2)10-7-9-5-3-4-6-9;2*1-2;;/h10H,3-4,7-9H2,1-2H3;8H,3-7H2,1-2H3;2*1-2H3;2*1H. The Balaban J connectivity index is -0.000000156. The van der Waals surface area contributed by atoms with E-state index >= 15 is 0 Å². The van der Waals surface area contributed by atoms with Crippen molar-refractivity contribution in [2.24, 2.45) is 5.92 Å². The molecule has 0 aromatic rings. The van der Waals surface area contributed by atoms with Crippen molar-refractivity contribution >= 4 is 0 Å². The van der Waals surface area contributed by atoms with Gasteiger partial charge in [-0.15, -0.1) is 0 Å². The van der Waals surface area contributed by atoms with Gasteiger partial charge in [0.1, 0.15) is 0 Å². The van der Waals surface area contributed by atoms with Crippen LogP contribution in [0, 0.1) is 17.8 Å². The molecule has 0 aromatic carbocycles. The maximum absolute atomic E-state index is 5.45. The van der Waals surface area contributed by atoms with E-state index in [2.05, 4.69) is 49.3 Å². The van der Waals surface area contributed by atoms with Crippen LogP contribution in [0.2, 0.25) is 0 Å². The SMILES string of the molecule is CC.CC.CC(C)C#CCN1CCCC1.CC(C)OCN1CCCC1.F.F. The molecule has 0 atom stereocenters. The average molecular weight is 395 g/mol. The Morgan fingerprint density at radius 3 is 1.52 bits per heavy atom. The fraction of sp³-hybridized carbons (Fsp3) is 0.909. The van der Waals surface area contributed by atoms with E-state index in [1.165, 1.54) is 51.9 Å². The van der Waals surface area contributed by atoms with Gasteiger partial charge >= 0.3 is 0 Å². The van der Waals surface area contributed by atoms with Gasteiger partial charge in [0, 0.05) is 19.0 Å². The monoisotopic (exact) mass is 394 g/mol. The zero-order valence-corrected chi connectivity index (χ0v) is 19.3. The second-order valence-corrected chi connectivity index (χ2v) is 6.63. The summed E-state index contributed by atoms with van der Waals surface area (Å²) in [5, 5.41) is 0. The van der Waals surface area contributed by atoms with Gasteiger partial charge in [-0.2, -0.15) is 0 Å². The minimum absolute atomic E-state index is 0. The lowest BCUT2D eigenvalue weighted by atomic mass is 10.2. The maximum Gasteiger partial charge on any atom is 0.0993 e. The Labute approximate surface area is 168 Å². The van der Waals surface area contributed by atoms with Crippen molar-refractivity contribution in [1.82, 2.24) is 9.80 Å². The third kappa shape index (κ3) is 23.3. The molecule has 2 heterocycles. The van der Waals surface area contributed by atoms with E-state index in [9.17, 15) is 0 Å². The summed E-state index contributed by atoms with van der Waals surface area (Å²) in [4.78, 5) is 4.79. The fourth-order valence-electron chi connectivity index (χ4n) is 2.47. The van der Waals surface area contributed by atoms with Crippen molar-refractivity contribution < 1.29 is 14.1 Å². The highest BCUT2D eigenvalue weighted by Crippen LogP contribution is 2.07. The van der Waals surface area contributed by atoms with Gasteiger partial charge in [-0.3, -0.25) is 19.2 Å². The second-order valence-electron chi connectivity index (χ2n) is 6.63. The first kappa shape index (κ1) is 33.9. The summed E-state index contributed by atoms with van der Waals surface area (Å²) >= 11 is 0. The minimum atomic E-state index is 0. The molecule has 2 aliphatic rings. The molecule has 2 fully saturated rings. The second kappa shape index (κ2) is 25.3. The molecule has 5 heteroatoms. The topological polar surface area (TPSA) is 15.7 Å². The summed E-state index contributed by atoms with van der Waals surface area (Å²) in [7, 11) is 0. The van der Waals surface area contributed by atoms with Crippen LogP contribution in [0.15, 0.2) is 0 Å². The molecule has 27 heavy (non-hydrogen) atoms. The van der Waals surface area contributed by atoms with Crippen LogP contribution in [0.3, 0.4) is 0 Å². The van der Waals surface area contributed by atoms with Gasteiger partial charge in [0.05, 0.1) is 19.4 Å². The Morgan fingerprint density at radius 2 is 1.15 bits per heavy atom. The van der Waals surface area contributed by atoms with E-state index in [0.29, 0.717) is 12.0 Å². The molecular formula is C22H48F2N2O. The van der Waals surface area contributed by atoms with Crippen LogP contribution in [0.25, 0.3) is 0 Å². The third-order valence-electron chi connectivity index (χ3n) is 3.68. The number of hydrogen-bond acceptors (Lipinski definition) is 3. The number of hydrogen-bond donors (Lipinski definition) is 0. The molecule has 0 bridgehead atoms. The van der Waals surface area contributed by atoms with Gasteiger partial charge in [-0.1, -0.05) is 53.4 Å². The van der Waals surface area contributed by atoms with Gasteiger partial charge in [-0.25, -0.2) is 0 Å². The zero-order chi connectivity index (χ0) is 19.5. The van der Waals surface area contributed by atoms with Gasteiger partial charge in [-0.05, 0) is 52.6 Å². The predicted molar refractivity (Wildman–Crippen MR) is 118 cm³/mol. The van der Waals surface area contributed by atoms with Crippen molar-refractivity contribution in [3.8, 4) is 11.8 Å². The summed E-state index contributed by atoms with van der Waals surface area (Å²) in [5.74, 6) is 6.91. The lowest BCUT2D eigenvalue weighted by Gasteiger charge is -2.16. The van der Waals surface area contributed by atoms with Crippen LogP contribution in [0.4, 0.5) is 9.41 Å². The van der Waals surface area contributed by atoms with Crippen LogP contribution in [-0.4, -0.2) is 55.4 Å². The van der Waals surface area contributed by atoms with E-state index < -0.39 is 0 Å². The molecule has 0 saturated carbocycles. The molecule has 166 valence electrons. The number of nitrogens with zero attached hydrogens (tertiary/aromatic N) is 2. The predicted octanol–water partition coefficient (Wildman–Crippen LogP) is 5.56. The van der Waals surface area contributed by atoms with E-state index in [-0.39, 0.29) is 9.41 Å². The number of ether oxygens (including phenoxy) is 1. The smallest absolute Gasteiger partial charge is 0.0993 e. The summed E-state index contributed by atoms with van der Waals surface area (Å²) in [5.41, 5.74) is 0. The molecule has 2 aliphatic heterocycles. The van der Waals surface area contributed by atoms with Gasteiger partial charge in [0.15, 0.2) is 0 Å². The van der Waals surface area contributed by atoms with Crippen molar-refractivity contribution in [3.63, 3.8) is 0 Å². The van der Waals surface area contributed by atoms with Crippen LogP contribution < -0.4 is 0 Å². The Kier molecular flexibility index (Phi) is 31.7. The van der Waals surface area contributed by atoms with Crippen LogP contribution in [0.5, 0.6) is 0 Å². The molecule has 0 radical (unpaired) electrons. The minimum Gasteiger partial charge on any atom is -0.363 e. The number of halogens is 2. The Bertz CT molecular complexity index is 316. The first-order valence-electron chi connectivity index (χ1n) is 10.6. The highest BCUT2D eigenvalue weighted by atomic mass is 19.0. The summed E-state index contributed by atoms with van der Waals surface area (Å²) < 4.78 is 5.45. The molecule has 2 saturated heterocycles. The lowest BCUT2D eigenvalue weighted by Crippen LogP contribution is -2.24. The highest BCUT2D eigenvalue weighted by molar-refractivity contribution is 5.03. The molecule has 0 amide bonds. The fourth-order valence-corrected chi connectivity index (χ4v) is 2.47. The molecule has 0 aliphatic carbocycles. The largest absolute Gasteiger partial charge is 0.363 e. The van der Waals surface area contributed by atoms with Crippen LogP contribution in [0.1, 0.15) is 81.1 Å². The van der Waals surface area contributed by atoms with Crippen molar-refractivity contribution in [1.29, 1.82) is 0 Å². The molecule has 0 N–H and O–H groups in total. The number of likely N-dealkylation sites (tertiary alicyclic amines) is 2. The van der Waals surface area contributed by atoms with Crippen LogP contribution in [-0.2, 0) is 4.74 Å². The summed E-state index contributed by atoms with van der Waals surface area (Å²) in [6.07, 6.45) is 5.80. The molecule has 0 aromatic heterocycles. The van der Waals surface area contributed by atoms with Crippen molar-refractivity contribution in [3.05, 3.63) is 0 Å². The Morgan fingerprint density at radius 1 is 0.741 bits per heavy atom. The quantitative estimate of drug-likeness (QED) is 0.580. The van der Waals surface area contributed by atoms with E-state index in [1.54, 1.807) is 0 Å². The first-order chi connectivity index (χ1) is 12.1. The van der Waals surface area contributed by atoms with Gasteiger partial charge in [0.25, 0.3) is 0 Å². The lowest BCUT2D eigenvalue weighted by molar-refractivity contribution is 0.00375. The van der Waals surface area contributed by atoms with Gasteiger partial charge < -0.3 is 4.74 Å². The zero-order valence-electron chi connectivity index (χ0n) is 19.3. The highest BCUT2D eigenvalue weighted by Gasteiger charge is 2.11. The van der Waals surface area contributed by atoms with E-state index in [1.807, 2.05) is 27.7 Å². The van der Waals surface area contributed by atoms with Crippen molar-refractivity contribution in [2.45, 2.75) is 87.2 Å². The Hall–Kier alpha value is -0.700. The molecule has 2 rings (SSSR count). The molecule has 0 unspecified atom stereocenters. The van der Waals surface area contributed by atoms with E-state index in [0.717, 1.165) is 13.3 Å². The third-order valence-corrected chi connectivity index (χ3v) is 3.68. The normalized spacial score (nSPS) is 15.6. The maximum atomic E-state index is 5.45.